The van der Waals surface area contributed by atoms with Crippen molar-refractivity contribution in [2.24, 2.45) is 0 Å². The molecule has 2 saturated heterocycles. The highest BCUT2D eigenvalue weighted by molar-refractivity contribution is 5.95. The van der Waals surface area contributed by atoms with Crippen LogP contribution in [0.25, 0.3) is 0 Å². The van der Waals surface area contributed by atoms with E-state index in [1.807, 2.05) is 4.90 Å². The van der Waals surface area contributed by atoms with Gasteiger partial charge in [-0.1, -0.05) is 20.8 Å². The maximum Gasteiger partial charge on any atom is 0.257 e. The number of carbonyl (C=O) groups excluding carboxylic acids is 1. The van der Waals surface area contributed by atoms with E-state index in [-0.39, 0.29) is 18.1 Å². The number of carbonyl (C=O) groups is 1. The zero-order valence-electron chi connectivity index (χ0n) is 15.7. The molecule has 2 aliphatic rings. The molecule has 0 N–H and O–H groups in total. The molecule has 25 heavy (non-hydrogen) atoms. The topological polar surface area (TPSA) is 56.6 Å². The Morgan fingerprint density at radius 2 is 2.00 bits per heavy atom. The zero-order chi connectivity index (χ0) is 17.8. The number of morpholine rings is 1. The minimum atomic E-state index is -0.000599. The Hall–Kier alpha value is -1.40. The molecule has 0 spiro atoms. The molecule has 6 nitrogen and oxygen atoms in total. The summed E-state index contributed by atoms with van der Waals surface area (Å²) in [6.07, 6.45) is 6.87. The van der Waals surface area contributed by atoms with E-state index < -0.39 is 0 Å². The minimum Gasteiger partial charge on any atom is -0.375 e. The van der Waals surface area contributed by atoms with E-state index in [0.717, 1.165) is 50.0 Å². The molecule has 3 heterocycles. The molecule has 0 saturated carbocycles. The van der Waals surface area contributed by atoms with Gasteiger partial charge in [0.15, 0.2) is 0 Å². The van der Waals surface area contributed by atoms with Gasteiger partial charge >= 0.3 is 0 Å². The number of rotatable bonds is 6. The summed E-state index contributed by atoms with van der Waals surface area (Å²) < 4.78 is 13.7. The van der Waals surface area contributed by atoms with Gasteiger partial charge < -0.3 is 14.4 Å². The van der Waals surface area contributed by atoms with Gasteiger partial charge in [-0.25, -0.2) is 0 Å². The molecule has 3 rings (SSSR count). The minimum absolute atomic E-state index is 0.000599. The molecule has 2 atom stereocenters. The van der Waals surface area contributed by atoms with Crippen LogP contribution in [0.1, 0.15) is 68.5 Å². The van der Waals surface area contributed by atoms with Crippen molar-refractivity contribution >= 4 is 5.91 Å². The maximum atomic E-state index is 13.1. The number of amides is 1. The van der Waals surface area contributed by atoms with Gasteiger partial charge in [0, 0.05) is 19.7 Å². The van der Waals surface area contributed by atoms with E-state index in [4.69, 9.17) is 9.47 Å². The summed E-state index contributed by atoms with van der Waals surface area (Å²) in [4.78, 5) is 15.0. The van der Waals surface area contributed by atoms with Gasteiger partial charge in [0.1, 0.15) is 6.10 Å². The zero-order valence-corrected chi connectivity index (χ0v) is 15.7. The molecular formula is C19H31N3O3. The van der Waals surface area contributed by atoms with Crippen LogP contribution in [0, 0.1) is 0 Å². The van der Waals surface area contributed by atoms with Crippen molar-refractivity contribution < 1.29 is 14.3 Å². The molecule has 6 heteroatoms. The molecular weight excluding hydrogens is 318 g/mol. The van der Waals surface area contributed by atoms with Gasteiger partial charge in [-0.2, -0.15) is 5.10 Å². The van der Waals surface area contributed by atoms with Gasteiger partial charge in [-0.3, -0.25) is 9.48 Å². The fourth-order valence-electron chi connectivity index (χ4n) is 4.02. The third kappa shape index (κ3) is 3.75. The molecule has 0 bridgehead atoms. The fourth-order valence-corrected chi connectivity index (χ4v) is 4.02. The smallest absolute Gasteiger partial charge is 0.257 e. The fraction of sp³-hybridized carbons (Fsp3) is 0.789. The lowest BCUT2D eigenvalue weighted by Gasteiger charge is -2.35. The van der Waals surface area contributed by atoms with Gasteiger partial charge in [0.2, 0.25) is 0 Å². The summed E-state index contributed by atoms with van der Waals surface area (Å²) in [6, 6.07) is 0.362. The van der Waals surface area contributed by atoms with E-state index in [9.17, 15) is 4.79 Å². The molecule has 140 valence electrons. The molecule has 0 aromatic carbocycles. The van der Waals surface area contributed by atoms with E-state index in [1.165, 1.54) is 0 Å². The Kier molecular flexibility index (Phi) is 6.12. The van der Waals surface area contributed by atoms with Crippen LogP contribution in [0.5, 0.6) is 0 Å². The molecule has 0 radical (unpaired) electrons. The number of hydrogen-bond acceptors (Lipinski definition) is 4. The summed E-state index contributed by atoms with van der Waals surface area (Å²) in [5, 5.41) is 4.55. The second-order valence-electron chi connectivity index (χ2n) is 6.99. The summed E-state index contributed by atoms with van der Waals surface area (Å²) in [6.45, 7) is 9.08. The quantitative estimate of drug-likeness (QED) is 0.792. The lowest BCUT2D eigenvalue weighted by Crippen LogP contribution is -2.49. The average Bonchev–Trinajstić information content (AvgIpc) is 3.32. The average molecular weight is 349 g/mol. The van der Waals surface area contributed by atoms with Crippen LogP contribution in [0.2, 0.25) is 0 Å². The van der Waals surface area contributed by atoms with Crippen LogP contribution >= 0.6 is 0 Å². The van der Waals surface area contributed by atoms with E-state index in [2.05, 4.69) is 30.6 Å². The third-order valence-corrected chi connectivity index (χ3v) is 5.51. The van der Waals surface area contributed by atoms with Crippen molar-refractivity contribution in [1.82, 2.24) is 14.7 Å². The monoisotopic (exact) mass is 349 g/mol. The molecule has 0 aliphatic carbocycles. The Morgan fingerprint density at radius 3 is 2.64 bits per heavy atom. The number of nitrogens with zero attached hydrogens (tertiary/aromatic N) is 3. The van der Waals surface area contributed by atoms with Crippen LogP contribution in [0.15, 0.2) is 6.20 Å². The van der Waals surface area contributed by atoms with E-state index >= 15 is 0 Å². The Morgan fingerprint density at radius 1 is 1.24 bits per heavy atom. The standard InChI is InChI=1S/C19H31N3O3/c1-4-14(5-2)22-16(6-3)15(12-20-22)19(23)21-9-11-25-18(13-21)17-8-7-10-24-17/h12,14,17-18H,4-11,13H2,1-3H3/t17-,18+/m0/s1. The van der Waals surface area contributed by atoms with Gasteiger partial charge in [0.25, 0.3) is 5.91 Å². The van der Waals surface area contributed by atoms with E-state index in [1.54, 1.807) is 6.20 Å². The van der Waals surface area contributed by atoms with Crippen LogP contribution in [0.3, 0.4) is 0 Å². The maximum absolute atomic E-state index is 13.1. The van der Waals surface area contributed by atoms with Crippen molar-refractivity contribution in [2.45, 2.75) is 71.1 Å². The Bertz CT molecular complexity index is 576. The largest absolute Gasteiger partial charge is 0.375 e. The first kappa shape index (κ1) is 18.4. The summed E-state index contributed by atoms with van der Waals surface area (Å²) in [7, 11) is 0. The summed E-state index contributed by atoms with van der Waals surface area (Å²) in [5.74, 6) is 0.0837. The second kappa shape index (κ2) is 8.32. The van der Waals surface area contributed by atoms with Crippen LogP contribution < -0.4 is 0 Å². The van der Waals surface area contributed by atoms with Crippen molar-refractivity contribution in [3.63, 3.8) is 0 Å². The first-order valence-electron chi connectivity index (χ1n) is 9.78. The first-order valence-corrected chi connectivity index (χ1v) is 9.78. The molecule has 1 aromatic rings. The summed E-state index contributed by atoms with van der Waals surface area (Å²) in [5.41, 5.74) is 1.81. The highest BCUT2D eigenvalue weighted by atomic mass is 16.5. The molecule has 1 amide bonds. The van der Waals surface area contributed by atoms with Crippen LogP contribution in [-0.2, 0) is 15.9 Å². The third-order valence-electron chi connectivity index (χ3n) is 5.51. The van der Waals surface area contributed by atoms with Gasteiger partial charge in [0.05, 0.1) is 36.2 Å². The van der Waals surface area contributed by atoms with Crippen molar-refractivity contribution in [1.29, 1.82) is 0 Å². The number of hydrogen-bond donors (Lipinski definition) is 0. The normalized spacial score (nSPS) is 24.2. The van der Waals surface area contributed by atoms with E-state index in [0.29, 0.717) is 25.7 Å². The van der Waals surface area contributed by atoms with Crippen LogP contribution in [-0.4, -0.2) is 59.1 Å². The first-order chi connectivity index (χ1) is 12.2. The van der Waals surface area contributed by atoms with Crippen LogP contribution in [0.4, 0.5) is 0 Å². The van der Waals surface area contributed by atoms with Gasteiger partial charge in [-0.05, 0) is 32.1 Å². The number of ether oxygens (including phenoxy) is 2. The molecule has 2 fully saturated rings. The molecule has 0 unspecified atom stereocenters. The lowest BCUT2D eigenvalue weighted by atomic mass is 10.1. The predicted molar refractivity (Wildman–Crippen MR) is 95.8 cm³/mol. The lowest BCUT2D eigenvalue weighted by molar-refractivity contribution is -0.0868. The van der Waals surface area contributed by atoms with Crippen molar-refractivity contribution in [2.75, 3.05) is 26.3 Å². The molecule has 2 aliphatic heterocycles. The predicted octanol–water partition coefficient (Wildman–Crippen LogP) is 2.83. The Labute approximate surface area is 150 Å². The molecule has 1 aromatic heterocycles. The SMILES string of the molecule is CCc1c(C(=O)N2CCO[C@@H]([C@@H]3CCCO3)C2)cnn1C(CC)CC. The highest BCUT2D eigenvalue weighted by Crippen LogP contribution is 2.24. The Balaban J connectivity index is 1.75. The number of aromatic nitrogens is 2. The summed E-state index contributed by atoms with van der Waals surface area (Å²) >= 11 is 0. The highest BCUT2D eigenvalue weighted by Gasteiger charge is 2.34. The van der Waals surface area contributed by atoms with Crippen molar-refractivity contribution in [3.8, 4) is 0 Å². The second-order valence-corrected chi connectivity index (χ2v) is 6.99. The van der Waals surface area contributed by atoms with Crippen molar-refractivity contribution in [3.05, 3.63) is 17.5 Å². The van der Waals surface area contributed by atoms with Gasteiger partial charge in [-0.15, -0.1) is 0 Å².